The van der Waals surface area contributed by atoms with Crippen molar-refractivity contribution in [2.45, 2.75) is 19.9 Å². The molecule has 0 aliphatic carbocycles. The number of aryl methyl sites for hydroxylation is 2. The van der Waals surface area contributed by atoms with E-state index in [0.717, 1.165) is 0 Å². The Morgan fingerprint density at radius 3 is 2.56 bits per heavy atom. The zero-order valence-electron chi connectivity index (χ0n) is 9.33. The fourth-order valence-corrected chi connectivity index (χ4v) is 3.27. The van der Waals surface area contributed by atoms with E-state index in [9.17, 15) is 0 Å². The van der Waals surface area contributed by atoms with Crippen molar-refractivity contribution >= 4 is 27.3 Å². The lowest BCUT2D eigenvalue weighted by molar-refractivity contribution is 0.891. The van der Waals surface area contributed by atoms with Crippen molar-refractivity contribution in [3.63, 3.8) is 0 Å². The number of hydrogen-bond donors (Lipinski definition) is 1. The molecular weight excluding hydrogens is 282 g/mol. The van der Waals surface area contributed by atoms with Gasteiger partial charge >= 0.3 is 0 Å². The molecule has 1 unspecified atom stereocenters. The maximum Gasteiger partial charge on any atom is 0.0731 e. The molecule has 0 radical (unpaired) electrons. The summed E-state index contributed by atoms with van der Waals surface area (Å²) in [6.45, 7) is 4.18. The van der Waals surface area contributed by atoms with E-state index in [1.54, 1.807) is 11.3 Å². The summed E-state index contributed by atoms with van der Waals surface area (Å²) in [5.74, 6) is 0. The fourth-order valence-electron chi connectivity index (χ4n) is 1.66. The SMILES string of the molecule is Cc1cccc(C(N)c2cc(C)c(Br)s2)c1. The van der Waals surface area contributed by atoms with Gasteiger partial charge in [-0.05, 0) is 47.0 Å². The van der Waals surface area contributed by atoms with Gasteiger partial charge in [0.1, 0.15) is 0 Å². The Morgan fingerprint density at radius 2 is 2.00 bits per heavy atom. The third kappa shape index (κ3) is 2.37. The molecule has 0 fully saturated rings. The number of rotatable bonds is 2. The molecule has 2 aromatic rings. The smallest absolute Gasteiger partial charge is 0.0731 e. The number of nitrogens with two attached hydrogens (primary N) is 1. The van der Waals surface area contributed by atoms with Gasteiger partial charge < -0.3 is 5.73 Å². The van der Waals surface area contributed by atoms with Gasteiger partial charge in [0.2, 0.25) is 0 Å². The van der Waals surface area contributed by atoms with Crippen molar-refractivity contribution in [1.82, 2.24) is 0 Å². The van der Waals surface area contributed by atoms with Gasteiger partial charge in [0.25, 0.3) is 0 Å². The van der Waals surface area contributed by atoms with Gasteiger partial charge in [-0.3, -0.25) is 0 Å². The lowest BCUT2D eigenvalue weighted by Gasteiger charge is -2.10. The lowest BCUT2D eigenvalue weighted by Crippen LogP contribution is -2.10. The van der Waals surface area contributed by atoms with E-state index in [1.807, 2.05) is 0 Å². The third-order valence-corrected chi connectivity index (χ3v) is 4.80. The van der Waals surface area contributed by atoms with Crippen molar-refractivity contribution in [1.29, 1.82) is 0 Å². The minimum atomic E-state index is -0.0186. The molecule has 1 aromatic carbocycles. The Kier molecular flexibility index (Phi) is 3.47. The van der Waals surface area contributed by atoms with Crippen LogP contribution in [0.5, 0.6) is 0 Å². The molecule has 84 valence electrons. The molecule has 0 aliphatic rings. The molecule has 16 heavy (non-hydrogen) atoms. The van der Waals surface area contributed by atoms with Gasteiger partial charge in [-0.15, -0.1) is 11.3 Å². The first-order valence-electron chi connectivity index (χ1n) is 5.16. The van der Waals surface area contributed by atoms with Crippen LogP contribution in [0.1, 0.15) is 27.6 Å². The summed E-state index contributed by atoms with van der Waals surface area (Å²) in [7, 11) is 0. The molecule has 1 aromatic heterocycles. The Bertz CT molecular complexity index is 485. The topological polar surface area (TPSA) is 26.0 Å². The molecular formula is C13H14BrNS. The third-order valence-electron chi connectivity index (χ3n) is 2.58. The molecule has 0 spiro atoms. The quantitative estimate of drug-likeness (QED) is 0.884. The largest absolute Gasteiger partial charge is 0.320 e. The minimum Gasteiger partial charge on any atom is -0.320 e. The van der Waals surface area contributed by atoms with E-state index in [2.05, 4.69) is 60.1 Å². The van der Waals surface area contributed by atoms with Crippen molar-refractivity contribution in [3.05, 3.63) is 55.7 Å². The summed E-state index contributed by atoms with van der Waals surface area (Å²) in [6, 6.07) is 10.5. The van der Waals surface area contributed by atoms with E-state index in [1.165, 1.54) is 25.4 Å². The zero-order valence-corrected chi connectivity index (χ0v) is 11.7. The highest BCUT2D eigenvalue weighted by atomic mass is 79.9. The minimum absolute atomic E-state index is 0.0186. The molecule has 1 atom stereocenters. The predicted molar refractivity (Wildman–Crippen MR) is 74.0 cm³/mol. The molecule has 1 heterocycles. The summed E-state index contributed by atoms with van der Waals surface area (Å²) in [4.78, 5) is 1.20. The molecule has 3 heteroatoms. The Labute approximate surface area is 108 Å². The maximum absolute atomic E-state index is 6.26. The first kappa shape index (κ1) is 11.8. The summed E-state index contributed by atoms with van der Waals surface area (Å²) in [5.41, 5.74) is 9.93. The fraction of sp³-hybridized carbons (Fsp3) is 0.231. The summed E-state index contributed by atoms with van der Waals surface area (Å²) >= 11 is 5.25. The molecule has 0 amide bonds. The summed E-state index contributed by atoms with van der Waals surface area (Å²) in [5, 5.41) is 0. The molecule has 2 N–H and O–H groups in total. The van der Waals surface area contributed by atoms with Crippen LogP contribution >= 0.6 is 27.3 Å². The average molecular weight is 296 g/mol. The number of hydrogen-bond acceptors (Lipinski definition) is 2. The zero-order chi connectivity index (χ0) is 11.7. The van der Waals surface area contributed by atoms with E-state index >= 15 is 0 Å². The van der Waals surface area contributed by atoms with Crippen molar-refractivity contribution < 1.29 is 0 Å². The highest BCUT2D eigenvalue weighted by molar-refractivity contribution is 9.11. The van der Waals surface area contributed by atoms with Crippen LogP contribution in [0.3, 0.4) is 0 Å². The Balaban J connectivity index is 2.35. The van der Waals surface area contributed by atoms with Gasteiger partial charge in [0.15, 0.2) is 0 Å². The molecule has 0 aliphatic heterocycles. The van der Waals surface area contributed by atoms with Gasteiger partial charge in [0.05, 0.1) is 9.83 Å². The standard InChI is InChI=1S/C13H14BrNS/c1-8-4-3-5-10(6-8)12(15)11-7-9(2)13(14)16-11/h3-7,12H,15H2,1-2H3. The highest BCUT2D eigenvalue weighted by Gasteiger charge is 2.12. The second kappa shape index (κ2) is 4.70. The monoisotopic (exact) mass is 295 g/mol. The van der Waals surface area contributed by atoms with E-state index < -0.39 is 0 Å². The molecule has 1 nitrogen and oxygen atoms in total. The van der Waals surface area contributed by atoms with Crippen molar-refractivity contribution in [2.24, 2.45) is 5.73 Å². The molecule has 2 rings (SSSR count). The van der Waals surface area contributed by atoms with Crippen LogP contribution in [-0.2, 0) is 0 Å². The second-order valence-electron chi connectivity index (χ2n) is 4.00. The average Bonchev–Trinajstić information content (AvgIpc) is 2.58. The van der Waals surface area contributed by atoms with Gasteiger partial charge in [0, 0.05) is 4.88 Å². The van der Waals surface area contributed by atoms with Crippen molar-refractivity contribution in [3.8, 4) is 0 Å². The van der Waals surface area contributed by atoms with Gasteiger partial charge in [-0.25, -0.2) is 0 Å². The molecule has 0 saturated carbocycles. The van der Waals surface area contributed by atoms with Crippen LogP contribution in [-0.4, -0.2) is 0 Å². The second-order valence-corrected chi connectivity index (χ2v) is 6.40. The van der Waals surface area contributed by atoms with Gasteiger partial charge in [-0.1, -0.05) is 29.8 Å². The van der Waals surface area contributed by atoms with Crippen LogP contribution in [0.15, 0.2) is 34.1 Å². The van der Waals surface area contributed by atoms with Crippen LogP contribution in [0.25, 0.3) is 0 Å². The van der Waals surface area contributed by atoms with Crippen LogP contribution < -0.4 is 5.73 Å². The van der Waals surface area contributed by atoms with Crippen LogP contribution in [0.4, 0.5) is 0 Å². The maximum atomic E-state index is 6.26. The first-order valence-corrected chi connectivity index (χ1v) is 6.77. The summed E-state index contributed by atoms with van der Waals surface area (Å²) < 4.78 is 1.17. The Hall–Kier alpha value is -0.640. The van der Waals surface area contributed by atoms with Crippen molar-refractivity contribution in [2.75, 3.05) is 0 Å². The molecule has 0 bridgehead atoms. The van der Waals surface area contributed by atoms with E-state index in [4.69, 9.17) is 5.73 Å². The Morgan fingerprint density at radius 1 is 1.25 bits per heavy atom. The predicted octanol–water partition coefficient (Wildman–Crippen LogP) is 4.18. The van der Waals surface area contributed by atoms with E-state index in [-0.39, 0.29) is 6.04 Å². The lowest BCUT2D eigenvalue weighted by atomic mass is 10.0. The number of benzene rings is 1. The highest BCUT2D eigenvalue weighted by Crippen LogP contribution is 2.33. The molecule has 0 saturated heterocycles. The normalized spacial score (nSPS) is 12.8. The van der Waals surface area contributed by atoms with Crippen LogP contribution in [0.2, 0.25) is 0 Å². The number of halogens is 1. The van der Waals surface area contributed by atoms with Gasteiger partial charge in [-0.2, -0.15) is 0 Å². The van der Waals surface area contributed by atoms with Crippen LogP contribution in [0, 0.1) is 13.8 Å². The van der Waals surface area contributed by atoms with E-state index in [0.29, 0.717) is 0 Å². The number of thiophene rings is 1. The summed E-state index contributed by atoms with van der Waals surface area (Å²) in [6.07, 6.45) is 0. The first-order chi connectivity index (χ1) is 7.58.